The van der Waals surface area contributed by atoms with E-state index in [1.54, 1.807) is 12.1 Å². The van der Waals surface area contributed by atoms with Gasteiger partial charge in [0.1, 0.15) is 40.6 Å². The first-order valence-electron chi connectivity index (χ1n) is 12.7. The first-order valence-corrected chi connectivity index (χ1v) is 12.7. The molecule has 212 valence electrons. The maximum absolute atomic E-state index is 11.7. The van der Waals surface area contributed by atoms with Gasteiger partial charge in [-0.15, -0.1) is 0 Å². The number of fused-ring (bicyclic) bond motifs is 2. The van der Waals surface area contributed by atoms with E-state index in [-0.39, 0.29) is 51.9 Å². The van der Waals surface area contributed by atoms with E-state index in [1.807, 2.05) is 0 Å². The fraction of sp³-hybridized carbons (Fsp3) is 0.200. The Bertz CT molecular complexity index is 1630. The van der Waals surface area contributed by atoms with Gasteiger partial charge in [-0.05, 0) is 35.9 Å². The van der Waals surface area contributed by atoms with Gasteiger partial charge in [0.05, 0.1) is 6.10 Å². The van der Waals surface area contributed by atoms with Crippen LogP contribution in [0.2, 0.25) is 0 Å². The molecule has 0 unspecified atom stereocenters. The molecule has 4 aromatic carbocycles. The van der Waals surface area contributed by atoms with Gasteiger partial charge in [0.15, 0.2) is 29.5 Å². The molecule has 0 aliphatic carbocycles. The molecule has 11 nitrogen and oxygen atoms in total. The van der Waals surface area contributed by atoms with Gasteiger partial charge < -0.3 is 55.4 Å². The van der Waals surface area contributed by atoms with E-state index >= 15 is 0 Å². The Labute approximate surface area is 232 Å². The van der Waals surface area contributed by atoms with Gasteiger partial charge in [0.2, 0.25) is 0 Å². The molecule has 2 aliphatic rings. The minimum Gasteiger partial charge on any atom is -0.508 e. The highest BCUT2D eigenvalue weighted by Gasteiger charge is 2.44. The highest BCUT2D eigenvalue weighted by Crippen LogP contribution is 2.55. The molecule has 41 heavy (non-hydrogen) atoms. The average Bonchev–Trinajstić information content (AvgIpc) is 2.93. The van der Waals surface area contributed by atoms with Crippen molar-refractivity contribution in [2.45, 2.75) is 36.8 Å². The lowest BCUT2D eigenvalue weighted by atomic mass is 9.78. The van der Waals surface area contributed by atoms with E-state index in [4.69, 9.17) is 9.47 Å². The number of ether oxygens (including phenoxy) is 2. The van der Waals surface area contributed by atoms with Crippen LogP contribution in [-0.4, -0.2) is 58.2 Å². The molecule has 4 aromatic rings. The molecule has 0 saturated carbocycles. The van der Waals surface area contributed by atoms with Gasteiger partial charge in [-0.25, -0.2) is 0 Å². The first kappa shape index (κ1) is 26.2. The van der Waals surface area contributed by atoms with E-state index in [9.17, 15) is 46.0 Å². The molecule has 0 aromatic heterocycles. The predicted octanol–water partition coefficient (Wildman–Crippen LogP) is 3.29. The summed E-state index contributed by atoms with van der Waals surface area (Å²) in [5.41, 5.74) is 1.19. The number of phenols is 7. The maximum atomic E-state index is 11.7. The normalized spacial score (nSPS) is 23.1. The van der Waals surface area contributed by atoms with Gasteiger partial charge in [-0.3, -0.25) is 0 Å². The Hall–Kier alpha value is -5.00. The number of aromatic hydroxyl groups is 7. The largest absolute Gasteiger partial charge is 0.508 e. The molecule has 6 rings (SSSR count). The summed E-state index contributed by atoms with van der Waals surface area (Å²) < 4.78 is 12.2. The highest BCUT2D eigenvalue weighted by molar-refractivity contribution is 5.64. The number of aliphatic hydroxyl groups excluding tert-OH is 2. The lowest BCUT2D eigenvalue weighted by molar-refractivity contribution is 0.00190. The zero-order chi connectivity index (χ0) is 29.2. The van der Waals surface area contributed by atoms with Crippen molar-refractivity contribution in [3.63, 3.8) is 0 Å². The number of benzene rings is 4. The lowest BCUT2D eigenvalue weighted by Gasteiger charge is -2.40. The summed E-state index contributed by atoms with van der Waals surface area (Å²) in [7, 11) is 0. The van der Waals surface area contributed by atoms with Crippen molar-refractivity contribution in [2.24, 2.45) is 0 Å². The number of aliphatic hydroxyl groups is 2. The van der Waals surface area contributed by atoms with Crippen LogP contribution in [0.5, 0.6) is 51.7 Å². The predicted molar refractivity (Wildman–Crippen MR) is 142 cm³/mol. The third-order valence-corrected chi connectivity index (χ3v) is 7.58. The van der Waals surface area contributed by atoms with Gasteiger partial charge in [-0.2, -0.15) is 0 Å². The summed E-state index contributed by atoms with van der Waals surface area (Å²) >= 11 is 0. The van der Waals surface area contributed by atoms with Crippen LogP contribution in [0.1, 0.15) is 45.9 Å². The summed E-state index contributed by atoms with van der Waals surface area (Å²) in [5, 5.41) is 94.4. The molecule has 9 N–H and O–H groups in total. The molecule has 0 fully saturated rings. The minimum atomic E-state index is -1.35. The molecule has 2 aliphatic heterocycles. The fourth-order valence-corrected chi connectivity index (χ4v) is 5.63. The molecular weight excluding hydrogens is 536 g/mol. The summed E-state index contributed by atoms with van der Waals surface area (Å²) in [6.45, 7) is 0. The van der Waals surface area contributed by atoms with Crippen LogP contribution in [-0.2, 0) is 6.42 Å². The quantitative estimate of drug-likeness (QED) is 0.166. The standard InChI is InChI=1S/C30H26O11/c31-14-3-1-12(2-4-14)29-27(39)24(16-6-5-15(32)9-23(16)40-29)25-19(34)11-18(33)17-10-22(37)28(41-30(17)25)13-7-20(35)26(38)21(36)8-13/h1-9,11,22,24,27-29,31-39H,10H2/t22-,24+,27+,28-,29-/m1/s1. The van der Waals surface area contributed by atoms with E-state index in [0.717, 1.165) is 18.2 Å². The Morgan fingerprint density at radius 2 is 1.27 bits per heavy atom. The van der Waals surface area contributed by atoms with Crippen molar-refractivity contribution in [3.05, 3.63) is 88.5 Å². The van der Waals surface area contributed by atoms with Crippen molar-refractivity contribution in [2.75, 3.05) is 0 Å². The summed E-state index contributed by atoms with van der Waals surface area (Å²) in [6.07, 6.45) is -5.03. The van der Waals surface area contributed by atoms with Gasteiger partial charge in [0.25, 0.3) is 0 Å². The molecule has 2 heterocycles. The maximum Gasteiger partial charge on any atom is 0.200 e. The summed E-state index contributed by atoms with van der Waals surface area (Å²) in [4.78, 5) is 0. The minimum absolute atomic E-state index is 0.00296. The second-order valence-corrected chi connectivity index (χ2v) is 10.2. The Kier molecular flexibility index (Phi) is 6.13. The molecule has 11 heteroatoms. The van der Waals surface area contributed by atoms with Gasteiger partial charge >= 0.3 is 0 Å². The Morgan fingerprint density at radius 1 is 0.610 bits per heavy atom. The zero-order valence-corrected chi connectivity index (χ0v) is 21.2. The van der Waals surface area contributed by atoms with Crippen LogP contribution < -0.4 is 9.47 Å². The zero-order valence-electron chi connectivity index (χ0n) is 21.2. The third-order valence-electron chi connectivity index (χ3n) is 7.58. The number of phenolic OH excluding ortho intramolecular Hbond substituents is 7. The lowest BCUT2D eigenvalue weighted by Crippen LogP contribution is -2.36. The molecule has 0 saturated heterocycles. The second kappa shape index (κ2) is 9.58. The molecule has 0 spiro atoms. The van der Waals surface area contributed by atoms with Crippen molar-refractivity contribution in [1.82, 2.24) is 0 Å². The average molecular weight is 563 g/mol. The molecule has 5 atom stereocenters. The van der Waals surface area contributed by atoms with Crippen molar-refractivity contribution < 1.29 is 55.4 Å². The monoisotopic (exact) mass is 562 g/mol. The molecule has 0 amide bonds. The molecule has 0 radical (unpaired) electrons. The molecular formula is C30H26O11. The van der Waals surface area contributed by atoms with Crippen LogP contribution in [0.15, 0.2) is 60.7 Å². The van der Waals surface area contributed by atoms with Crippen LogP contribution in [0.3, 0.4) is 0 Å². The highest BCUT2D eigenvalue weighted by atomic mass is 16.5. The summed E-state index contributed by atoms with van der Waals surface area (Å²) in [5.74, 6) is -3.81. The van der Waals surface area contributed by atoms with Crippen LogP contribution in [0.4, 0.5) is 0 Å². The number of hydrogen-bond donors (Lipinski definition) is 9. The van der Waals surface area contributed by atoms with E-state index < -0.39 is 53.3 Å². The fourth-order valence-electron chi connectivity index (χ4n) is 5.63. The van der Waals surface area contributed by atoms with E-state index in [2.05, 4.69) is 0 Å². The SMILES string of the molecule is Oc1ccc([C@H]2Oc3cc(O)ccc3[C@@H](c3c(O)cc(O)c4c3O[C@H](c3cc(O)c(O)c(O)c3)[C@H](O)C4)[C@@H]2O)cc1. The van der Waals surface area contributed by atoms with Crippen molar-refractivity contribution in [3.8, 4) is 51.7 Å². The summed E-state index contributed by atoms with van der Waals surface area (Å²) in [6, 6.07) is 13.6. The van der Waals surface area contributed by atoms with E-state index in [0.29, 0.717) is 11.1 Å². The topological polar surface area (TPSA) is 201 Å². The second-order valence-electron chi connectivity index (χ2n) is 10.2. The number of rotatable bonds is 3. The Balaban J connectivity index is 1.53. The van der Waals surface area contributed by atoms with Crippen molar-refractivity contribution in [1.29, 1.82) is 0 Å². The number of hydrogen-bond acceptors (Lipinski definition) is 11. The van der Waals surface area contributed by atoms with E-state index in [1.165, 1.54) is 30.3 Å². The smallest absolute Gasteiger partial charge is 0.200 e. The molecule has 0 bridgehead atoms. The third kappa shape index (κ3) is 4.31. The Morgan fingerprint density at radius 3 is 1.95 bits per heavy atom. The van der Waals surface area contributed by atoms with Crippen LogP contribution >= 0.6 is 0 Å². The van der Waals surface area contributed by atoms with Crippen LogP contribution in [0, 0.1) is 0 Å². The van der Waals surface area contributed by atoms with Gasteiger partial charge in [-0.1, -0.05) is 18.2 Å². The first-order chi connectivity index (χ1) is 19.5. The van der Waals surface area contributed by atoms with Crippen LogP contribution in [0.25, 0.3) is 0 Å². The van der Waals surface area contributed by atoms with Gasteiger partial charge in [0, 0.05) is 46.7 Å². The van der Waals surface area contributed by atoms with Crippen molar-refractivity contribution >= 4 is 0 Å².